The van der Waals surface area contributed by atoms with E-state index in [9.17, 15) is 0 Å². The van der Waals surface area contributed by atoms with Crippen LogP contribution in [0.2, 0.25) is 0 Å². The third-order valence-corrected chi connectivity index (χ3v) is 3.36. The van der Waals surface area contributed by atoms with Crippen LogP contribution in [-0.4, -0.2) is 12.8 Å². The van der Waals surface area contributed by atoms with Gasteiger partial charge in [0.05, 0.1) is 0 Å². The molecule has 0 bridgehead atoms. The summed E-state index contributed by atoms with van der Waals surface area (Å²) in [6, 6.07) is 6.69. The molecule has 1 aliphatic heterocycles. The highest BCUT2D eigenvalue weighted by Gasteiger charge is 2.30. The van der Waals surface area contributed by atoms with Gasteiger partial charge in [-0.15, -0.1) is 0 Å². The van der Waals surface area contributed by atoms with Crippen LogP contribution in [-0.2, 0) is 0 Å². The van der Waals surface area contributed by atoms with Gasteiger partial charge in [0, 0.05) is 17.8 Å². The number of benzene rings is 1. The average Bonchev–Trinajstić information content (AvgIpc) is 3.04. The van der Waals surface area contributed by atoms with Crippen molar-refractivity contribution < 1.29 is 9.47 Å². The van der Waals surface area contributed by atoms with Crippen LogP contribution < -0.4 is 14.8 Å². The summed E-state index contributed by atoms with van der Waals surface area (Å²) < 4.78 is 10.7. The molecule has 1 aliphatic carbocycles. The number of rotatable bonds is 4. The van der Waals surface area contributed by atoms with E-state index in [0.29, 0.717) is 12.8 Å². The Morgan fingerprint density at radius 1 is 1.31 bits per heavy atom. The maximum Gasteiger partial charge on any atom is 0.231 e. The Morgan fingerprint density at radius 3 is 2.88 bits per heavy atom. The second-order valence-electron chi connectivity index (χ2n) is 4.56. The first-order valence-corrected chi connectivity index (χ1v) is 6.03. The predicted octanol–water partition coefficient (Wildman–Crippen LogP) is 3.02. The van der Waals surface area contributed by atoms with Gasteiger partial charge in [-0.25, -0.2) is 0 Å². The van der Waals surface area contributed by atoms with E-state index >= 15 is 0 Å². The van der Waals surface area contributed by atoms with E-state index in [4.69, 9.17) is 9.47 Å². The summed E-state index contributed by atoms with van der Waals surface area (Å²) in [6.07, 6.45) is 3.92. The third kappa shape index (κ3) is 1.82. The molecule has 1 heterocycles. The second kappa shape index (κ2) is 3.89. The van der Waals surface area contributed by atoms with Gasteiger partial charge in [0.15, 0.2) is 11.5 Å². The average molecular weight is 219 g/mol. The molecular formula is C13H17NO2. The highest BCUT2D eigenvalue weighted by molar-refractivity contribution is 5.56. The minimum absolute atomic E-state index is 0.346. The van der Waals surface area contributed by atoms with Crippen molar-refractivity contribution in [3.05, 3.63) is 18.2 Å². The first kappa shape index (κ1) is 9.82. The lowest BCUT2D eigenvalue weighted by Gasteiger charge is -2.17. The summed E-state index contributed by atoms with van der Waals surface area (Å²) in [5.41, 5.74) is 1.14. The molecule has 1 atom stereocenters. The molecule has 0 radical (unpaired) electrons. The fourth-order valence-electron chi connectivity index (χ4n) is 2.25. The molecule has 3 rings (SSSR count). The van der Waals surface area contributed by atoms with Crippen LogP contribution >= 0.6 is 0 Å². The Balaban J connectivity index is 1.74. The topological polar surface area (TPSA) is 30.5 Å². The third-order valence-electron chi connectivity index (χ3n) is 3.36. The van der Waals surface area contributed by atoms with Gasteiger partial charge >= 0.3 is 0 Å². The first-order chi connectivity index (χ1) is 7.86. The molecule has 1 saturated carbocycles. The van der Waals surface area contributed by atoms with E-state index in [1.807, 2.05) is 12.1 Å². The summed E-state index contributed by atoms with van der Waals surface area (Å²) in [4.78, 5) is 0. The summed E-state index contributed by atoms with van der Waals surface area (Å²) >= 11 is 0. The first-order valence-electron chi connectivity index (χ1n) is 6.03. The maximum atomic E-state index is 5.37. The van der Waals surface area contributed by atoms with Gasteiger partial charge in [0.25, 0.3) is 0 Å². The molecule has 0 aromatic heterocycles. The molecule has 1 aromatic rings. The number of fused-ring (bicyclic) bond motifs is 1. The van der Waals surface area contributed by atoms with Crippen molar-refractivity contribution in [3.8, 4) is 11.5 Å². The molecule has 0 spiro atoms. The van der Waals surface area contributed by atoms with Gasteiger partial charge < -0.3 is 14.8 Å². The molecule has 1 aromatic carbocycles. The number of ether oxygens (including phenoxy) is 2. The molecule has 16 heavy (non-hydrogen) atoms. The van der Waals surface area contributed by atoms with Crippen molar-refractivity contribution in [3.63, 3.8) is 0 Å². The zero-order valence-corrected chi connectivity index (χ0v) is 9.53. The van der Waals surface area contributed by atoms with E-state index in [2.05, 4.69) is 18.3 Å². The predicted molar refractivity (Wildman–Crippen MR) is 63.0 cm³/mol. The quantitative estimate of drug-likeness (QED) is 0.844. The summed E-state index contributed by atoms with van der Waals surface area (Å²) in [5.74, 6) is 2.58. The van der Waals surface area contributed by atoms with E-state index in [-0.39, 0.29) is 0 Å². The number of nitrogens with one attached hydrogen (secondary N) is 1. The Bertz CT molecular complexity index is 388. The summed E-state index contributed by atoms with van der Waals surface area (Å²) in [5, 5.41) is 3.58. The van der Waals surface area contributed by atoms with Crippen LogP contribution in [0.25, 0.3) is 0 Å². The minimum atomic E-state index is 0.346. The molecule has 1 N–H and O–H groups in total. The number of hydrogen-bond donors (Lipinski definition) is 1. The monoisotopic (exact) mass is 219 g/mol. The second-order valence-corrected chi connectivity index (χ2v) is 4.56. The highest BCUT2D eigenvalue weighted by atomic mass is 16.7. The zero-order valence-electron chi connectivity index (χ0n) is 9.53. The molecule has 2 aliphatic rings. The molecule has 3 nitrogen and oxygen atoms in total. The Hall–Kier alpha value is -1.38. The van der Waals surface area contributed by atoms with E-state index in [1.165, 1.54) is 19.3 Å². The van der Waals surface area contributed by atoms with Crippen LogP contribution in [0.5, 0.6) is 11.5 Å². The van der Waals surface area contributed by atoms with Gasteiger partial charge in [-0.05, 0) is 37.3 Å². The van der Waals surface area contributed by atoms with Crippen LogP contribution in [0.15, 0.2) is 18.2 Å². The van der Waals surface area contributed by atoms with Crippen LogP contribution in [0.1, 0.15) is 26.2 Å². The van der Waals surface area contributed by atoms with Crippen molar-refractivity contribution in [2.75, 3.05) is 12.1 Å². The fraction of sp³-hybridized carbons (Fsp3) is 0.538. The fourth-order valence-corrected chi connectivity index (χ4v) is 2.25. The van der Waals surface area contributed by atoms with Crippen molar-refractivity contribution in [1.29, 1.82) is 0 Å². The van der Waals surface area contributed by atoms with Crippen LogP contribution in [0, 0.1) is 5.92 Å². The minimum Gasteiger partial charge on any atom is -0.454 e. The molecule has 0 amide bonds. The van der Waals surface area contributed by atoms with Crippen molar-refractivity contribution in [2.45, 2.75) is 32.2 Å². The van der Waals surface area contributed by atoms with Gasteiger partial charge in [0.2, 0.25) is 6.79 Å². The van der Waals surface area contributed by atoms with Gasteiger partial charge in [-0.2, -0.15) is 0 Å². The van der Waals surface area contributed by atoms with Gasteiger partial charge in [-0.3, -0.25) is 0 Å². The van der Waals surface area contributed by atoms with Crippen molar-refractivity contribution in [1.82, 2.24) is 0 Å². The van der Waals surface area contributed by atoms with Crippen molar-refractivity contribution >= 4 is 5.69 Å². The normalized spacial score (nSPS) is 19.6. The lowest BCUT2D eigenvalue weighted by atomic mass is 10.1. The maximum absolute atomic E-state index is 5.37. The summed E-state index contributed by atoms with van der Waals surface area (Å²) in [7, 11) is 0. The smallest absolute Gasteiger partial charge is 0.231 e. The van der Waals surface area contributed by atoms with Gasteiger partial charge in [0.1, 0.15) is 0 Å². The largest absolute Gasteiger partial charge is 0.454 e. The molecule has 3 heteroatoms. The Labute approximate surface area is 95.8 Å². The van der Waals surface area contributed by atoms with Crippen LogP contribution in [0.3, 0.4) is 0 Å². The number of anilines is 1. The highest BCUT2D eigenvalue weighted by Crippen LogP contribution is 2.38. The molecular weight excluding hydrogens is 202 g/mol. The van der Waals surface area contributed by atoms with E-state index in [0.717, 1.165) is 23.1 Å². The molecule has 1 unspecified atom stereocenters. The Kier molecular flexibility index (Phi) is 2.39. The molecule has 1 fully saturated rings. The molecule has 0 saturated heterocycles. The van der Waals surface area contributed by atoms with Gasteiger partial charge in [-0.1, -0.05) is 6.92 Å². The zero-order chi connectivity index (χ0) is 11.0. The SMILES string of the molecule is CCC(Nc1ccc2c(c1)OCO2)C1CC1. The standard InChI is InChI=1S/C13H17NO2/c1-2-11(9-3-4-9)14-10-5-6-12-13(7-10)16-8-15-12/h5-7,9,11,14H,2-4,8H2,1H3. The number of hydrogen-bond acceptors (Lipinski definition) is 3. The Morgan fingerprint density at radius 2 is 2.12 bits per heavy atom. The van der Waals surface area contributed by atoms with Crippen molar-refractivity contribution in [2.24, 2.45) is 5.92 Å². The van der Waals surface area contributed by atoms with E-state index in [1.54, 1.807) is 0 Å². The van der Waals surface area contributed by atoms with Crippen LogP contribution in [0.4, 0.5) is 5.69 Å². The lowest BCUT2D eigenvalue weighted by molar-refractivity contribution is 0.174. The molecule has 86 valence electrons. The lowest BCUT2D eigenvalue weighted by Crippen LogP contribution is -2.20. The van der Waals surface area contributed by atoms with E-state index < -0.39 is 0 Å². The summed E-state index contributed by atoms with van der Waals surface area (Å²) in [6.45, 7) is 2.58.